The molecule has 2 aliphatic heterocycles. The standard InChI is InChI=1S/C25H36N7O10P/c1-14-8-31(24(37)28-22(14)35)19-7-27-6-16(41-19)13-40-43-30-10-17(12-39-21(34)5-4-18(33)26-3)42-20(11-30)32-9-15(2)23(36)29-25(32)38/h8-9,16-17,19-20,27,43H,4-7,10-13H2,1-3H3,(H,26,33)(H,28,35,37)(H,29,36,38)/t16-,17-,19+,20+/m0/s1. The van der Waals surface area contributed by atoms with Crippen LogP contribution in [0.2, 0.25) is 0 Å². The summed E-state index contributed by atoms with van der Waals surface area (Å²) in [5.74, 6) is -0.850. The SMILES string of the molecule is CNC(=O)CCC(=O)OC[C@@H]1CN(POC[C@@H]2CNC[C@H](n3cc(C)c(=O)[nH]c3=O)O2)C[C@H](n2cc(C)c(=O)[nH]c2=O)O1. The highest BCUT2D eigenvalue weighted by molar-refractivity contribution is 7.29. The Hall–Kier alpha value is -3.47. The van der Waals surface area contributed by atoms with Gasteiger partial charge in [-0.1, -0.05) is 0 Å². The summed E-state index contributed by atoms with van der Waals surface area (Å²) in [4.78, 5) is 76.6. The molecule has 2 aromatic rings. The second kappa shape index (κ2) is 14.8. The van der Waals surface area contributed by atoms with Crippen LogP contribution in [-0.2, 0) is 28.3 Å². The molecular weight excluding hydrogens is 589 g/mol. The van der Waals surface area contributed by atoms with Crippen LogP contribution in [0.1, 0.15) is 36.4 Å². The Morgan fingerprint density at radius 1 is 0.907 bits per heavy atom. The fraction of sp³-hybridized carbons (Fsp3) is 0.600. The van der Waals surface area contributed by atoms with Crippen LogP contribution in [0.15, 0.2) is 31.6 Å². The number of ether oxygens (including phenoxy) is 3. The quantitative estimate of drug-likeness (QED) is 0.158. The molecule has 4 N–H and O–H groups in total. The highest BCUT2D eigenvalue weighted by Crippen LogP contribution is 2.29. The maximum atomic E-state index is 12.6. The molecule has 0 aliphatic carbocycles. The summed E-state index contributed by atoms with van der Waals surface area (Å²) >= 11 is 0. The fourth-order valence-corrected chi connectivity index (χ4v) is 5.46. The van der Waals surface area contributed by atoms with Crippen LogP contribution in [0.3, 0.4) is 0 Å². The van der Waals surface area contributed by atoms with Crippen molar-refractivity contribution in [2.24, 2.45) is 0 Å². The van der Waals surface area contributed by atoms with Crippen molar-refractivity contribution in [3.63, 3.8) is 0 Å². The van der Waals surface area contributed by atoms with Crippen LogP contribution < -0.4 is 33.1 Å². The number of aromatic amines is 2. The van der Waals surface area contributed by atoms with E-state index in [0.717, 1.165) is 0 Å². The normalized spacial score (nSPS) is 23.0. The third-order valence-electron chi connectivity index (χ3n) is 6.83. The first kappa shape index (κ1) is 32.4. The Labute approximate surface area is 246 Å². The van der Waals surface area contributed by atoms with Gasteiger partial charge in [0.1, 0.15) is 12.7 Å². The molecule has 0 spiro atoms. The second-order valence-electron chi connectivity index (χ2n) is 10.2. The van der Waals surface area contributed by atoms with Crippen LogP contribution in [-0.4, -0.2) is 94.3 Å². The zero-order valence-corrected chi connectivity index (χ0v) is 25.0. The third-order valence-corrected chi connectivity index (χ3v) is 7.75. The lowest BCUT2D eigenvalue weighted by molar-refractivity contribution is -0.159. The van der Waals surface area contributed by atoms with Crippen molar-refractivity contribution in [1.82, 2.24) is 34.4 Å². The summed E-state index contributed by atoms with van der Waals surface area (Å²) in [6, 6.07) is 0. The van der Waals surface area contributed by atoms with Crippen LogP contribution in [0.25, 0.3) is 0 Å². The molecular formula is C25H36N7O10P. The van der Waals surface area contributed by atoms with E-state index in [-0.39, 0.29) is 47.5 Å². The average molecular weight is 626 g/mol. The molecule has 0 aromatic carbocycles. The van der Waals surface area contributed by atoms with Crippen molar-refractivity contribution in [3.8, 4) is 0 Å². The van der Waals surface area contributed by atoms with Crippen molar-refractivity contribution in [2.45, 2.75) is 51.4 Å². The van der Waals surface area contributed by atoms with E-state index in [1.165, 1.54) is 28.6 Å². The molecule has 236 valence electrons. The summed E-state index contributed by atoms with van der Waals surface area (Å²) in [5.41, 5.74) is -1.46. The lowest BCUT2D eigenvalue weighted by Crippen LogP contribution is -2.48. The molecule has 18 heteroatoms. The number of rotatable bonds is 11. The van der Waals surface area contributed by atoms with E-state index < -0.39 is 53.1 Å². The minimum Gasteiger partial charge on any atom is -0.463 e. The number of carbonyl (C=O) groups excluding carboxylic acids is 2. The van der Waals surface area contributed by atoms with Crippen molar-refractivity contribution >= 4 is 20.8 Å². The second-order valence-corrected chi connectivity index (χ2v) is 11.3. The Kier molecular flexibility index (Phi) is 11.2. The highest BCUT2D eigenvalue weighted by Gasteiger charge is 2.32. The Morgan fingerprint density at radius 2 is 1.53 bits per heavy atom. The predicted molar refractivity (Wildman–Crippen MR) is 153 cm³/mol. The number of hydrogen-bond acceptors (Lipinski definition) is 12. The van der Waals surface area contributed by atoms with Gasteiger partial charge < -0.3 is 29.4 Å². The molecule has 0 saturated carbocycles. The molecule has 1 amide bonds. The summed E-state index contributed by atoms with van der Waals surface area (Å²) in [6.45, 7) is 4.63. The number of esters is 1. The zero-order chi connectivity index (χ0) is 31.1. The predicted octanol–water partition coefficient (Wildman–Crippen LogP) is -2.02. The molecule has 2 fully saturated rings. The van der Waals surface area contributed by atoms with Gasteiger partial charge in [-0.25, -0.2) is 9.59 Å². The maximum absolute atomic E-state index is 12.6. The number of nitrogens with one attached hydrogen (secondary N) is 4. The molecule has 1 unspecified atom stereocenters. The number of hydrogen-bond donors (Lipinski definition) is 4. The average Bonchev–Trinajstić information content (AvgIpc) is 2.98. The number of nitrogens with zero attached hydrogens (tertiary/aromatic N) is 3. The number of H-pyrrole nitrogens is 2. The molecule has 4 rings (SSSR count). The van der Waals surface area contributed by atoms with Crippen molar-refractivity contribution in [3.05, 3.63) is 65.2 Å². The first-order chi connectivity index (χ1) is 20.5. The number of aryl methyl sites for hydroxylation is 2. The molecule has 2 aromatic heterocycles. The van der Waals surface area contributed by atoms with E-state index in [1.807, 2.05) is 4.67 Å². The third kappa shape index (κ3) is 8.78. The summed E-state index contributed by atoms with van der Waals surface area (Å²) in [7, 11) is 1.29. The molecule has 43 heavy (non-hydrogen) atoms. The Morgan fingerprint density at radius 3 is 2.19 bits per heavy atom. The maximum Gasteiger partial charge on any atom is 0.330 e. The number of aromatic nitrogens is 4. The minimum absolute atomic E-state index is 0.00766. The van der Waals surface area contributed by atoms with Gasteiger partial charge in [0, 0.05) is 63.2 Å². The van der Waals surface area contributed by atoms with Gasteiger partial charge in [-0.05, 0) is 13.8 Å². The van der Waals surface area contributed by atoms with Gasteiger partial charge in [-0.3, -0.25) is 43.0 Å². The van der Waals surface area contributed by atoms with Crippen LogP contribution >= 0.6 is 8.96 Å². The van der Waals surface area contributed by atoms with Gasteiger partial charge in [0.05, 0.1) is 28.1 Å². The molecule has 17 nitrogen and oxygen atoms in total. The lowest BCUT2D eigenvalue weighted by atomic mass is 10.3. The number of amides is 1. The summed E-state index contributed by atoms with van der Waals surface area (Å²) < 4.78 is 27.9. The van der Waals surface area contributed by atoms with Gasteiger partial charge in [0.2, 0.25) is 5.91 Å². The van der Waals surface area contributed by atoms with E-state index in [1.54, 1.807) is 13.8 Å². The van der Waals surface area contributed by atoms with Gasteiger partial charge in [-0.2, -0.15) is 0 Å². The van der Waals surface area contributed by atoms with E-state index >= 15 is 0 Å². The van der Waals surface area contributed by atoms with E-state index in [2.05, 4.69) is 20.6 Å². The first-order valence-corrected chi connectivity index (χ1v) is 14.5. The molecule has 5 atom stereocenters. The largest absolute Gasteiger partial charge is 0.463 e. The highest BCUT2D eigenvalue weighted by atomic mass is 31.1. The van der Waals surface area contributed by atoms with Crippen molar-refractivity contribution in [2.75, 3.05) is 46.4 Å². The van der Waals surface area contributed by atoms with E-state index in [0.29, 0.717) is 30.8 Å². The first-order valence-electron chi connectivity index (χ1n) is 13.7. The molecule has 2 aliphatic rings. The molecule has 0 radical (unpaired) electrons. The van der Waals surface area contributed by atoms with E-state index in [9.17, 15) is 28.8 Å². The fourth-order valence-electron chi connectivity index (χ4n) is 4.51. The van der Waals surface area contributed by atoms with E-state index in [4.69, 9.17) is 18.7 Å². The van der Waals surface area contributed by atoms with Crippen molar-refractivity contribution in [1.29, 1.82) is 0 Å². The summed E-state index contributed by atoms with van der Waals surface area (Å²) in [5, 5.41) is 5.65. The summed E-state index contributed by atoms with van der Waals surface area (Å²) in [6.07, 6.45) is 0.283. The smallest absolute Gasteiger partial charge is 0.330 e. The topological polar surface area (TPSA) is 208 Å². The zero-order valence-electron chi connectivity index (χ0n) is 24.0. The molecule has 0 bridgehead atoms. The van der Waals surface area contributed by atoms with Gasteiger partial charge in [0.25, 0.3) is 11.1 Å². The van der Waals surface area contributed by atoms with Crippen LogP contribution in [0.5, 0.6) is 0 Å². The monoisotopic (exact) mass is 625 g/mol. The molecule has 2 saturated heterocycles. The molecule has 4 heterocycles. The van der Waals surface area contributed by atoms with Crippen LogP contribution in [0.4, 0.5) is 0 Å². The Balaban J connectivity index is 1.38. The van der Waals surface area contributed by atoms with Crippen molar-refractivity contribution < 1.29 is 28.3 Å². The van der Waals surface area contributed by atoms with Gasteiger partial charge in [-0.15, -0.1) is 0 Å². The lowest BCUT2D eigenvalue weighted by Gasteiger charge is -2.38. The minimum atomic E-state index is -0.810. The Bertz CT molecular complexity index is 1540. The number of morpholine rings is 2. The number of carbonyl (C=O) groups is 2. The van der Waals surface area contributed by atoms with Gasteiger partial charge >= 0.3 is 17.3 Å². The van der Waals surface area contributed by atoms with Crippen LogP contribution in [0, 0.1) is 13.8 Å². The van der Waals surface area contributed by atoms with Gasteiger partial charge in [0.15, 0.2) is 12.5 Å².